The van der Waals surface area contributed by atoms with E-state index in [1.165, 1.54) is 23.6 Å². The molecule has 4 heterocycles. The standard InChI is InChI=1S/C18H17N3O4S/c1-12(22)21-14(11-26-17(21)15-5-4-8-24-15)18(23)25-10-13-9-20-7-3-2-6-16(20)19-13/h2-9,14,17H,10-11H2,1H3/t14-,17-/m0/s1. The molecule has 1 fully saturated rings. The van der Waals surface area contributed by atoms with E-state index in [1.54, 1.807) is 18.4 Å². The largest absolute Gasteiger partial charge is 0.466 e. The number of hydrogen-bond acceptors (Lipinski definition) is 6. The molecule has 2 atom stereocenters. The smallest absolute Gasteiger partial charge is 0.330 e. The Morgan fingerprint density at radius 3 is 2.96 bits per heavy atom. The van der Waals surface area contributed by atoms with Crippen molar-refractivity contribution >= 4 is 29.3 Å². The molecule has 3 aromatic heterocycles. The average Bonchev–Trinajstić information content (AvgIpc) is 3.37. The first-order valence-corrected chi connectivity index (χ1v) is 9.21. The fourth-order valence-electron chi connectivity index (χ4n) is 3.02. The van der Waals surface area contributed by atoms with Crippen molar-refractivity contribution in [2.24, 2.45) is 0 Å². The highest BCUT2D eigenvalue weighted by Gasteiger charge is 2.43. The van der Waals surface area contributed by atoms with Gasteiger partial charge >= 0.3 is 5.97 Å². The molecule has 1 aliphatic heterocycles. The van der Waals surface area contributed by atoms with Crippen molar-refractivity contribution in [3.05, 3.63) is 60.4 Å². The first-order chi connectivity index (χ1) is 12.6. The molecule has 0 bridgehead atoms. The Labute approximate surface area is 153 Å². The zero-order valence-corrected chi connectivity index (χ0v) is 14.9. The van der Waals surface area contributed by atoms with E-state index in [4.69, 9.17) is 9.15 Å². The third-order valence-electron chi connectivity index (χ3n) is 4.20. The number of fused-ring (bicyclic) bond motifs is 1. The van der Waals surface area contributed by atoms with Gasteiger partial charge in [-0.3, -0.25) is 4.79 Å². The Morgan fingerprint density at radius 2 is 2.23 bits per heavy atom. The summed E-state index contributed by atoms with van der Waals surface area (Å²) in [6, 6.07) is 8.61. The van der Waals surface area contributed by atoms with Crippen molar-refractivity contribution in [1.82, 2.24) is 14.3 Å². The van der Waals surface area contributed by atoms with Gasteiger partial charge in [0, 0.05) is 25.1 Å². The number of pyridine rings is 1. The maximum atomic E-state index is 12.6. The number of amides is 1. The van der Waals surface area contributed by atoms with E-state index in [0.29, 0.717) is 17.2 Å². The Bertz CT molecular complexity index is 904. The van der Waals surface area contributed by atoms with Gasteiger partial charge in [0.2, 0.25) is 5.91 Å². The van der Waals surface area contributed by atoms with Crippen LogP contribution in [0.15, 0.2) is 53.4 Å². The number of nitrogens with zero attached hydrogens (tertiary/aromatic N) is 3. The number of esters is 1. The van der Waals surface area contributed by atoms with E-state index in [9.17, 15) is 9.59 Å². The summed E-state index contributed by atoms with van der Waals surface area (Å²) in [5.41, 5.74) is 1.45. The van der Waals surface area contributed by atoms with Crippen LogP contribution >= 0.6 is 11.8 Å². The van der Waals surface area contributed by atoms with Crippen LogP contribution in [0.3, 0.4) is 0 Å². The van der Waals surface area contributed by atoms with Crippen molar-refractivity contribution in [1.29, 1.82) is 0 Å². The van der Waals surface area contributed by atoms with Crippen molar-refractivity contribution in [3.63, 3.8) is 0 Å². The molecule has 0 aromatic carbocycles. The summed E-state index contributed by atoms with van der Waals surface area (Å²) in [4.78, 5) is 30.6. The third kappa shape index (κ3) is 3.08. The average molecular weight is 371 g/mol. The van der Waals surface area contributed by atoms with E-state index >= 15 is 0 Å². The number of hydrogen-bond donors (Lipinski definition) is 0. The highest BCUT2D eigenvalue weighted by atomic mass is 32.2. The summed E-state index contributed by atoms with van der Waals surface area (Å²) < 4.78 is 12.7. The predicted molar refractivity (Wildman–Crippen MR) is 95.2 cm³/mol. The second-order valence-electron chi connectivity index (χ2n) is 5.95. The van der Waals surface area contributed by atoms with Gasteiger partial charge in [-0.15, -0.1) is 11.8 Å². The topological polar surface area (TPSA) is 77.0 Å². The lowest BCUT2D eigenvalue weighted by molar-refractivity contribution is -0.154. The monoisotopic (exact) mass is 371 g/mol. The van der Waals surface area contributed by atoms with Gasteiger partial charge < -0.3 is 18.5 Å². The second-order valence-corrected chi connectivity index (χ2v) is 7.06. The second kappa shape index (κ2) is 6.87. The molecule has 0 unspecified atom stereocenters. The summed E-state index contributed by atoms with van der Waals surface area (Å²) in [5.74, 6) is 0.500. The summed E-state index contributed by atoms with van der Waals surface area (Å²) in [6.07, 6.45) is 5.26. The van der Waals surface area contributed by atoms with Gasteiger partial charge in [0.25, 0.3) is 0 Å². The Hall–Kier alpha value is -2.74. The maximum absolute atomic E-state index is 12.6. The van der Waals surface area contributed by atoms with Crippen molar-refractivity contribution in [2.45, 2.75) is 24.9 Å². The first-order valence-electron chi connectivity index (χ1n) is 8.16. The Morgan fingerprint density at radius 1 is 1.35 bits per heavy atom. The number of rotatable bonds is 4. The van der Waals surface area contributed by atoms with Crippen LogP contribution in [0.4, 0.5) is 0 Å². The minimum atomic E-state index is -0.635. The molecule has 4 rings (SSSR count). The van der Waals surface area contributed by atoms with E-state index in [0.717, 1.165) is 5.65 Å². The van der Waals surface area contributed by atoms with Crippen LogP contribution in [-0.4, -0.2) is 38.0 Å². The summed E-state index contributed by atoms with van der Waals surface area (Å²) >= 11 is 1.49. The molecule has 3 aromatic rings. The van der Waals surface area contributed by atoms with Crippen molar-refractivity contribution in [2.75, 3.05) is 5.75 Å². The summed E-state index contributed by atoms with van der Waals surface area (Å²) in [5, 5.41) is -0.310. The van der Waals surface area contributed by atoms with Crippen LogP contribution in [0.25, 0.3) is 5.65 Å². The molecule has 7 nitrogen and oxygen atoms in total. The van der Waals surface area contributed by atoms with Gasteiger partial charge in [0.15, 0.2) is 0 Å². The molecule has 0 saturated carbocycles. The van der Waals surface area contributed by atoms with Crippen molar-refractivity contribution in [3.8, 4) is 0 Å². The molecule has 1 saturated heterocycles. The number of ether oxygens (including phenoxy) is 1. The summed E-state index contributed by atoms with van der Waals surface area (Å²) in [7, 11) is 0. The number of imidazole rings is 1. The zero-order chi connectivity index (χ0) is 18.1. The lowest BCUT2D eigenvalue weighted by Gasteiger charge is -2.25. The molecule has 0 N–H and O–H groups in total. The number of thioether (sulfide) groups is 1. The number of carbonyl (C=O) groups excluding carboxylic acids is 2. The van der Waals surface area contributed by atoms with Crippen LogP contribution in [-0.2, 0) is 20.9 Å². The van der Waals surface area contributed by atoms with Crippen LogP contribution in [0.5, 0.6) is 0 Å². The maximum Gasteiger partial charge on any atom is 0.330 e. The van der Waals surface area contributed by atoms with Gasteiger partial charge in [-0.2, -0.15) is 0 Å². The quantitative estimate of drug-likeness (QED) is 0.656. The van der Waals surface area contributed by atoms with Crippen LogP contribution in [0, 0.1) is 0 Å². The van der Waals surface area contributed by atoms with Crippen molar-refractivity contribution < 1.29 is 18.7 Å². The van der Waals surface area contributed by atoms with E-state index in [1.807, 2.05) is 35.0 Å². The number of aromatic nitrogens is 2. The van der Waals surface area contributed by atoms with Gasteiger partial charge in [0.05, 0.1) is 12.0 Å². The minimum Gasteiger partial charge on any atom is -0.466 e. The molecule has 8 heteroatoms. The lowest BCUT2D eigenvalue weighted by Crippen LogP contribution is -2.42. The van der Waals surface area contributed by atoms with Gasteiger partial charge in [0.1, 0.15) is 29.4 Å². The zero-order valence-electron chi connectivity index (χ0n) is 14.1. The number of carbonyl (C=O) groups is 2. The SMILES string of the molecule is CC(=O)N1[C@H](C(=O)OCc2cn3ccccc3n2)CS[C@H]1c1ccco1. The third-order valence-corrected chi connectivity index (χ3v) is 5.48. The van der Waals surface area contributed by atoms with Gasteiger partial charge in [-0.05, 0) is 24.3 Å². The molecular formula is C18H17N3O4S. The highest BCUT2D eigenvalue weighted by Crippen LogP contribution is 2.41. The van der Waals surface area contributed by atoms with Gasteiger partial charge in [-0.1, -0.05) is 6.07 Å². The van der Waals surface area contributed by atoms with Crippen LogP contribution in [0.2, 0.25) is 0 Å². The van der Waals surface area contributed by atoms with Gasteiger partial charge in [-0.25, -0.2) is 9.78 Å². The first kappa shape index (κ1) is 16.7. The Balaban J connectivity index is 1.46. The molecule has 1 aliphatic rings. The minimum absolute atomic E-state index is 0.0683. The van der Waals surface area contributed by atoms with Crippen LogP contribution in [0.1, 0.15) is 23.8 Å². The fourth-order valence-corrected chi connectivity index (χ4v) is 4.44. The van der Waals surface area contributed by atoms with Crippen LogP contribution < -0.4 is 0 Å². The fraction of sp³-hybridized carbons (Fsp3) is 0.278. The van der Waals surface area contributed by atoms with E-state index in [2.05, 4.69) is 4.98 Å². The van der Waals surface area contributed by atoms with E-state index in [-0.39, 0.29) is 17.9 Å². The molecule has 0 radical (unpaired) electrons. The predicted octanol–water partition coefficient (Wildman–Crippen LogP) is 2.63. The molecule has 26 heavy (non-hydrogen) atoms. The molecule has 0 spiro atoms. The number of furan rings is 1. The van der Waals surface area contributed by atoms with E-state index < -0.39 is 12.0 Å². The Kier molecular flexibility index (Phi) is 4.42. The normalized spacial score (nSPS) is 19.8. The molecule has 0 aliphatic carbocycles. The highest BCUT2D eigenvalue weighted by molar-refractivity contribution is 7.99. The lowest BCUT2D eigenvalue weighted by atomic mass is 10.2. The molecule has 134 valence electrons. The molecule has 1 amide bonds. The molecular weight excluding hydrogens is 354 g/mol. The summed E-state index contributed by atoms with van der Waals surface area (Å²) in [6.45, 7) is 1.52.